The van der Waals surface area contributed by atoms with Crippen LogP contribution >= 0.6 is 0 Å². The number of allylic oxidation sites excluding steroid dienone is 2. The van der Waals surface area contributed by atoms with Gasteiger partial charge in [-0.25, -0.2) is 0 Å². The van der Waals surface area contributed by atoms with Crippen LogP contribution in [-0.4, -0.2) is 141 Å². The van der Waals surface area contributed by atoms with Crippen LogP contribution in [0.5, 0.6) is 0 Å². The minimum Gasteiger partial charge on any atom is -0.481 e. The quantitative estimate of drug-likeness (QED) is 0.0903. The molecule has 8 atom stereocenters. The molecular weight excluding hydrogens is 762 g/mol. The zero-order chi connectivity index (χ0) is 43.9. The Morgan fingerprint density at radius 3 is 1.68 bits per heavy atom. The Bertz CT molecular complexity index is 1680. The summed E-state index contributed by atoms with van der Waals surface area (Å²) in [6, 6.07) is 0. The number of hydrogen-bond acceptors (Lipinski definition) is 10. The Morgan fingerprint density at radius 1 is 0.627 bits per heavy atom. The molecule has 4 fully saturated rings. The van der Waals surface area contributed by atoms with Crippen LogP contribution in [0.1, 0.15) is 113 Å². The van der Waals surface area contributed by atoms with E-state index in [0.717, 1.165) is 56.3 Å². The standard InChI is InChI=1S/C44H69N3O12/c1-39(2)14-16-44(38(57)58)17-15-42(6)28(29(44)22-39)8-9-31-41(5)12-11-32(40(3,4)30(41)10-13-43(31,42)7)59-37(56)27-47(26-36(54)55)21-19-45(23-33(48)49)18-20-46(24-34(50)51)25-35(52)53/h8,29-32H,9-27H2,1-7H3,(H,48,49)(H,50,51)(H,52,53)(H,54,55)(H,57,58)/t29-,30-,31+,32-,41-,42+,43+,44-/m0/s1. The van der Waals surface area contributed by atoms with Gasteiger partial charge in [0.1, 0.15) is 6.10 Å². The van der Waals surface area contributed by atoms with Gasteiger partial charge >= 0.3 is 35.8 Å². The fourth-order valence-corrected chi connectivity index (χ4v) is 13.2. The molecular formula is C44H69N3O12. The summed E-state index contributed by atoms with van der Waals surface area (Å²) in [5.74, 6) is -5.35. The first kappa shape index (κ1) is 46.5. The molecule has 0 unspecified atom stereocenters. The Hall–Kier alpha value is -3.56. The minimum absolute atomic E-state index is 0.00176. The van der Waals surface area contributed by atoms with E-state index in [-0.39, 0.29) is 71.6 Å². The van der Waals surface area contributed by atoms with Gasteiger partial charge in [-0.3, -0.25) is 43.5 Å². The zero-order valence-corrected chi connectivity index (χ0v) is 36.3. The number of nitrogens with zero attached hydrogens (tertiary/aromatic N) is 3. The lowest BCUT2D eigenvalue weighted by molar-refractivity contribution is -0.214. The lowest BCUT2D eigenvalue weighted by Crippen LogP contribution is -2.65. The van der Waals surface area contributed by atoms with E-state index in [1.807, 2.05) is 0 Å². The van der Waals surface area contributed by atoms with Crippen LogP contribution in [0.2, 0.25) is 0 Å². The Labute approximate surface area is 348 Å². The predicted octanol–water partition coefficient (Wildman–Crippen LogP) is 5.03. The van der Waals surface area contributed by atoms with Crippen molar-refractivity contribution in [3.05, 3.63) is 11.6 Å². The van der Waals surface area contributed by atoms with Crippen molar-refractivity contribution in [2.75, 3.05) is 58.9 Å². The number of esters is 1. The van der Waals surface area contributed by atoms with Crippen LogP contribution in [0, 0.1) is 50.2 Å². The van der Waals surface area contributed by atoms with Gasteiger partial charge in [0.15, 0.2) is 0 Å². The Kier molecular flexibility index (Phi) is 13.5. The van der Waals surface area contributed by atoms with Crippen molar-refractivity contribution in [1.29, 1.82) is 0 Å². The normalized spacial score (nSPS) is 34.4. The van der Waals surface area contributed by atoms with Gasteiger partial charge in [-0.2, -0.15) is 0 Å². The number of carbonyl (C=O) groups excluding carboxylic acids is 1. The molecule has 0 saturated heterocycles. The lowest BCUT2D eigenvalue weighted by atomic mass is 9.33. The van der Waals surface area contributed by atoms with Gasteiger partial charge in [0.05, 0.1) is 38.1 Å². The second kappa shape index (κ2) is 17.1. The molecule has 5 rings (SSSR count). The summed E-state index contributed by atoms with van der Waals surface area (Å²) in [6.45, 7) is 13.9. The molecule has 59 heavy (non-hydrogen) atoms. The SMILES string of the molecule is CC1(C)CC[C@]2(C(=O)O)CC[C@]3(C)C(=CC[C@@H]4[C@@]5(C)CC[C@H](OC(=O)CN(CCN(CCN(CC(=O)O)CC(=O)O)CC(=O)O)CC(=O)O)C(C)(C)[C@@H]5CC[C@]43C)[C@@H]2C1. The number of hydrogen-bond donors (Lipinski definition) is 5. The summed E-state index contributed by atoms with van der Waals surface area (Å²) < 4.78 is 6.25. The van der Waals surface area contributed by atoms with Crippen molar-refractivity contribution in [3.63, 3.8) is 0 Å². The largest absolute Gasteiger partial charge is 0.481 e. The highest BCUT2D eigenvalue weighted by atomic mass is 16.5. The van der Waals surface area contributed by atoms with Crippen LogP contribution in [0.15, 0.2) is 11.6 Å². The zero-order valence-electron chi connectivity index (χ0n) is 36.3. The molecule has 0 aromatic rings. The molecule has 0 aromatic carbocycles. The smallest absolute Gasteiger partial charge is 0.320 e. The molecule has 0 amide bonds. The average Bonchev–Trinajstić information content (AvgIpc) is 3.09. The molecule has 15 heteroatoms. The fourth-order valence-electron chi connectivity index (χ4n) is 13.2. The maximum absolute atomic E-state index is 13.7. The van der Waals surface area contributed by atoms with E-state index in [0.29, 0.717) is 18.8 Å². The third-order valence-corrected chi connectivity index (χ3v) is 16.5. The van der Waals surface area contributed by atoms with Crippen LogP contribution in [0.3, 0.4) is 0 Å². The molecule has 15 nitrogen and oxygen atoms in total. The number of fused-ring (bicyclic) bond motifs is 7. The Morgan fingerprint density at radius 2 is 1.14 bits per heavy atom. The van der Waals surface area contributed by atoms with Gasteiger partial charge in [0, 0.05) is 31.6 Å². The van der Waals surface area contributed by atoms with E-state index in [1.54, 1.807) is 0 Å². The van der Waals surface area contributed by atoms with Crippen molar-refractivity contribution >= 4 is 35.8 Å². The molecule has 332 valence electrons. The van der Waals surface area contributed by atoms with E-state index in [1.165, 1.54) is 15.4 Å². The average molecular weight is 832 g/mol. The first-order valence-electron chi connectivity index (χ1n) is 21.5. The number of carbonyl (C=O) groups is 6. The number of carboxylic acid groups (broad SMARTS) is 5. The van der Waals surface area contributed by atoms with Gasteiger partial charge in [0.2, 0.25) is 0 Å². The van der Waals surface area contributed by atoms with Crippen molar-refractivity contribution in [3.8, 4) is 0 Å². The summed E-state index contributed by atoms with van der Waals surface area (Å²) in [4.78, 5) is 76.7. The van der Waals surface area contributed by atoms with E-state index in [4.69, 9.17) is 4.74 Å². The van der Waals surface area contributed by atoms with Gasteiger partial charge in [-0.1, -0.05) is 60.1 Å². The molecule has 5 aliphatic carbocycles. The lowest BCUT2D eigenvalue weighted by Gasteiger charge is -2.71. The third kappa shape index (κ3) is 9.22. The van der Waals surface area contributed by atoms with E-state index < -0.39 is 73.5 Å². The summed E-state index contributed by atoms with van der Waals surface area (Å²) in [5, 5.41) is 48.3. The Balaban J connectivity index is 1.28. The first-order valence-corrected chi connectivity index (χ1v) is 21.5. The van der Waals surface area contributed by atoms with Crippen LogP contribution in [0.4, 0.5) is 0 Å². The maximum Gasteiger partial charge on any atom is 0.320 e. The third-order valence-electron chi connectivity index (χ3n) is 16.5. The van der Waals surface area contributed by atoms with Gasteiger partial charge in [-0.15, -0.1) is 0 Å². The molecule has 5 aliphatic rings. The summed E-state index contributed by atoms with van der Waals surface area (Å²) in [6.07, 6.45) is 10.5. The van der Waals surface area contributed by atoms with E-state index in [9.17, 15) is 54.3 Å². The van der Waals surface area contributed by atoms with Gasteiger partial charge < -0.3 is 30.3 Å². The minimum atomic E-state index is -1.23. The van der Waals surface area contributed by atoms with E-state index >= 15 is 0 Å². The molecule has 5 N–H and O–H groups in total. The van der Waals surface area contributed by atoms with Crippen LogP contribution in [-0.2, 0) is 33.5 Å². The molecule has 0 aliphatic heterocycles. The number of ether oxygens (including phenoxy) is 1. The second-order valence-electron chi connectivity index (χ2n) is 20.8. The van der Waals surface area contributed by atoms with Crippen molar-refractivity contribution in [2.45, 2.75) is 119 Å². The number of rotatable bonds is 18. The maximum atomic E-state index is 13.7. The second-order valence-corrected chi connectivity index (χ2v) is 20.8. The fraction of sp³-hybridized carbons (Fsp3) is 0.818. The molecule has 0 heterocycles. The predicted molar refractivity (Wildman–Crippen MR) is 216 cm³/mol. The highest BCUT2D eigenvalue weighted by Crippen LogP contribution is 2.75. The summed E-state index contributed by atoms with van der Waals surface area (Å²) in [7, 11) is 0. The topological polar surface area (TPSA) is 223 Å². The number of aliphatic carboxylic acids is 5. The molecule has 0 aromatic heterocycles. The first-order chi connectivity index (χ1) is 27.3. The van der Waals surface area contributed by atoms with Gasteiger partial charge in [0.25, 0.3) is 0 Å². The monoisotopic (exact) mass is 831 g/mol. The van der Waals surface area contributed by atoms with Gasteiger partial charge in [-0.05, 0) is 104 Å². The van der Waals surface area contributed by atoms with Crippen molar-refractivity contribution in [1.82, 2.24) is 14.7 Å². The molecule has 4 saturated carbocycles. The number of carboxylic acids is 5. The molecule has 0 radical (unpaired) electrons. The van der Waals surface area contributed by atoms with Crippen LogP contribution in [0.25, 0.3) is 0 Å². The van der Waals surface area contributed by atoms with Crippen molar-refractivity contribution in [2.24, 2.45) is 50.2 Å². The highest BCUT2D eigenvalue weighted by Gasteiger charge is 2.69. The summed E-state index contributed by atoms with van der Waals surface area (Å²) in [5.41, 5.74) is 0.209. The molecule has 0 bridgehead atoms. The highest BCUT2D eigenvalue weighted by molar-refractivity contribution is 5.77. The summed E-state index contributed by atoms with van der Waals surface area (Å²) >= 11 is 0. The van der Waals surface area contributed by atoms with Crippen molar-refractivity contribution < 1.29 is 59.0 Å². The molecule has 0 spiro atoms. The van der Waals surface area contributed by atoms with E-state index in [2.05, 4.69) is 54.5 Å². The van der Waals surface area contributed by atoms with Crippen LogP contribution < -0.4 is 0 Å².